The molecule has 4 aliphatic carbocycles. The van der Waals surface area contributed by atoms with E-state index in [2.05, 4.69) is 13.8 Å². The average molecular weight is 352 g/mol. The Morgan fingerprint density at radius 2 is 1.88 bits per heavy atom. The molecular weight excluding hydrogens is 323 g/mol. The molecule has 4 nitrogen and oxygen atoms in total. The molecule has 4 unspecified atom stereocenters. The lowest BCUT2D eigenvalue weighted by atomic mass is 9.47. The van der Waals surface area contributed by atoms with Crippen molar-refractivity contribution in [1.29, 1.82) is 0 Å². The van der Waals surface area contributed by atoms with Crippen LogP contribution in [-0.4, -0.2) is 21.7 Å². The smallest absolute Gasteiger partial charge is 0.327 e. The van der Waals surface area contributed by atoms with E-state index in [1.807, 2.05) is 6.08 Å². The molecule has 5 heteroatoms. The second-order valence-electron chi connectivity index (χ2n) is 8.94. The maximum absolute atomic E-state index is 11.9. The van der Waals surface area contributed by atoms with E-state index in [0.29, 0.717) is 30.0 Å². The van der Waals surface area contributed by atoms with Gasteiger partial charge in [-0.15, -0.1) is 0 Å². The molecule has 0 aromatic rings. The number of hydrogen-bond acceptors (Lipinski definition) is 4. The maximum atomic E-state index is 11.9. The third-order valence-electron chi connectivity index (χ3n) is 8.10. The molecule has 4 rings (SSSR count). The first-order valence-corrected chi connectivity index (χ1v) is 10.6. The van der Waals surface area contributed by atoms with Crippen LogP contribution in [0.25, 0.3) is 0 Å². The van der Waals surface area contributed by atoms with Crippen molar-refractivity contribution in [2.45, 2.75) is 71.3 Å². The van der Waals surface area contributed by atoms with Gasteiger partial charge in [0.2, 0.25) is 0 Å². The minimum atomic E-state index is -2.27. The van der Waals surface area contributed by atoms with Crippen molar-refractivity contribution in [1.82, 2.24) is 0 Å². The summed E-state index contributed by atoms with van der Waals surface area (Å²) in [5, 5.41) is 0. The zero-order valence-electron chi connectivity index (χ0n) is 14.7. The van der Waals surface area contributed by atoms with Crippen LogP contribution in [0.1, 0.15) is 65.2 Å². The largest absolute Gasteiger partial charge is 0.328 e. The Morgan fingerprint density at radius 3 is 2.62 bits per heavy atom. The number of rotatable bonds is 2. The lowest BCUT2D eigenvalue weighted by Gasteiger charge is -2.57. The summed E-state index contributed by atoms with van der Waals surface area (Å²) in [6.45, 7) is 4.71. The van der Waals surface area contributed by atoms with E-state index in [0.717, 1.165) is 32.1 Å². The van der Waals surface area contributed by atoms with Gasteiger partial charge >= 0.3 is 8.60 Å². The molecule has 0 spiro atoms. The normalized spacial score (nSPS) is 47.9. The van der Waals surface area contributed by atoms with Crippen LogP contribution in [0, 0.1) is 28.6 Å². The predicted molar refractivity (Wildman–Crippen MR) is 92.9 cm³/mol. The second kappa shape index (κ2) is 5.87. The van der Waals surface area contributed by atoms with Gasteiger partial charge in [0.05, 0.1) is 6.10 Å². The summed E-state index contributed by atoms with van der Waals surface area (Å²) >= 11 is 0. The van der Waals surface area contributed by atoms with Gasteiger partial charge in [0.25, 0.3) is 0 Å². The Balaban J connectivity index is 1.61. The lowest BCUT2D eigenvalue weighted by molar-refractivity contribution is -0.117. The van der Waals surface area contributed by atoms with Crippen molar-refractivity contribution in [3.05, 3.63) is 11.6 Å². The van der Waals surface area contributed by atoms with Gasteiger partial charge in [0.1, 0.15) is 0 Å². The molecule has 134 valence electrons. The fraction of sp³-hybridized carbons (Fsp3) is 0.842. The first-order chi connectivity index (χ1) is 11.3. The highest BCUT2D eigenvalue weighted by Gasteiger charge is 2.59. The average Bonchev–Trinajstić information content (AvgIpc) is 2.84. The predicted octanol–water partition coefficient (Wildman–Crippen LogP) is 4.12. The number of ketones is 1. The molecule has 0 saturated heterocycles. The molecule has 2 N–H and O–H groups in total. The Kier molecular flexibility index (Phi) is 4.20. The van der Waals surface area contributed by atoms with Crippen LogP contribution in [0.4, 0.5) is 0 Å². The number of carbonyl (C=O) groups excluding carboxylic acids is 1. The van der Waals surface area contributed by atoms with E-state index >= 15 is 0 Å². The summed E-state index contributed by atoms with van der Waals surface area (Å²) in [5.41, 5.74) is 1.69. The van der Waals surface area contributed by atoms with Crippen molar-refractivity contribution in [3.63, 3.8) is 0 Å². The maximum Gasteiger partial charge on any atom is 0.327 e. The summed E-state index contributed by atoms with van der Waals surface area (Å²) in [6, 6.07) is 0. The van der Waals surface area contributed by atoms with Crippen LogP contribution < -0.4 is 0 Å². The highest BCUT2D eigenvalue weighted by atomic mass is 31.2. The molecule has 0 aromatic heterocycles. The minimum absolute atomic E-state index is 0.0118. The van der Waals surface area contributed by atoms with Gasteiger partial charge in [-0.2, -0.15) is 0 Å². The highest BCUT2D eigenvalue weighted by Crippen LogP contribution is 2.66. The van der Waals surface area contributed by atoms with E-state index in [-0.39, 0.29) is 16.9 Å². The summed E-state index contributed by atoms with van der Waals surface area (Å²) < 4.78 is 5.53. The van der Waals surface area contributed by atoms with Gasteiger partial charge in [-0.3, -0.25) is 4.79 Å². The third kappa shape index (κ3) is 2.45. The standard InChI is InChI=1S/C19H29O4P/c1-18-9-7-13(20)11-12(18)3-4-14-15-5-6-17(23-24(21)22)19(15,2)10-8-16(14)18/h11,14-17,21-22H,3-10H2,1-2H3/t14?,15?,16?,17?,18-,19-/m0/s1. The minimum Gasteiger partial charge on any atom is -0.328 e. The molecule has 6 atom stereocenters. The number of allylic oxidation sites excluding steroid dienone is 1. The molecule has 24 heavy (non-hydrogen) atoms. The van der Waals surface area contributed by atoms with Gasteiger partial charge in [0, 0.05) is 6.42 Å². The quantitative estimate of drug-likeness (QED) is 0.734. The molecule has 0 amide bonds. The molecule has 0 bridgehead atoms. The van der Waals surface area contributed by atoms with Crippen molar-refractivity contribution < 1.29 is 19.1 Å². The SMILES string of the molecule is C[C@]12CCC3C(CCC4=CC(=O)CC[C@@]43C)C1CCC2OP(O)O. The highest BCUT2D eigenvalue weighted by molar-refractivity contribution is 7.39. The number of carbonyl (C=O) groups is 1. The lowest BCUT2D eigenvalue weighted by Crippen LogP contribution is -2.51. The first kappa shape index (κ1) is 17.1. The van der Waals surface area contributed by atoms with Crippen LogP contribution in [0.2, 0.25) is 0 Å². The molecule has 0 heterocycles. The van der Waals surface area contributed by atoms with E-state index in [4.69, 9.17) is 4.52 Å². The molecule has 0 aromatic carbocycles. The van der Waals surface area contributed by atoms with Crippen molar-refractivity contribution in [3.8, 4) is 0 Å². The van der Waals surface area contributed by atoms with Crippen LogP contribution in [0.5, 0.6) is 0 Å². The fourth-order valence-corrected chi connectivity index (χ4v) is 7.37. The molecule has 0 aliphatic heterocycles. The molecular formula is C19H29O4P. The third-order valence-corrected chi connectivity index (χ3v) is 8.54. The van der Waals surface area contributed by atoms with Crippen LogP contribution in [-0.2, 0) is 9.32 Å². The van der Waals surface area contributed by atoms with E-state index < -0.39 is 8.60 Å². The topological polar surface area (TPSA) is 66.8 Å². The molecule has 4 aliphatic rings. The van der Waals surface area contributed by atoms with Gasteiger partial charge < -0.3 is 14.3 Å². The second-order valence-corrected chi connectivity index (χ2v) is 9.65. The number of hydrogen-bond donors (Lipinski definition) is 2. The monoisotopic (exact) mass is 352 g/mol. The van der Waals surface area contributed by atoms with Crippen molar-refractivity contribution >= 4 is 14.4 Å². The van der Waals surface area contributed by atoms with E-state index in [1.165, 1.54) is 18.4 Å². The Morgan fingerprint density at radius 1 is 1.08 bits per heavy atom. The Bertz CT molecular complexity index is 574. The van der Waals surface area contributed by atoms with Crippen molar-refractivity contribution in [2.75, 3.05) is 0 Å². The summed E-state index contributed by atoms with van der Waals surface area (Å²) in [4.78, 5) is 30.5. The van der Waals surface area contributed by atoms with Gasteiger partial charge in [-0.25, -0.2) is 0 Å². The van der Waals surface area contributed by atoms with E-state index in [1.54, 1.807) is 0 Å². The van der Waals surface area contributed by atoms with Crippen LogP contribution >= 0.6 is 8.60 Å². The first-order valence-electron chi connectivity index (χ1n) is 9.43. The molecule has 3 saturated carbocycles. The van der Waals surface area contributed by atoms with Gasteiger partial charge in [-0.05, 0) is 79.6 Å². The molecule has 3 fully saturated rings. The summed E-state index contributed by atoms with van der Waals surface area (Å²) in [5.74, 6) is 2.30. The zero-order chi connectivity index (χ0) is 17.1. The van der Waals surface area contributed by atoms with Crippen molar-refractivity contribution in [2.24, 2.45) is 28.6 Å². The molecule has 0 radical (unpaired) electrons. The Labute approximate surface area is 145 Å². The fourth-order valence-electron chi connectivity index (χ4n) is 6.80. The van der Waals surface area contributed by atoms with Crippen LogP contribution in [0.15, 0.2) is 11.6 Å². The zero-order valence-corrected chi connectivity index (χ0v) is 15.6. The summed E-state index contributed by atoms with van der Waals surface area (Å²) in [6.07, 6.45) is 10.3. The van der Waals surface area contributed by atoms with E-state index in [9.17, 15) is 14.6 Å². The Hall–Kier alpha value is -0.280. The van der Waals surface area contributed by atoms with Gasteiger partial charge in [-0.1, -0.05) is 19.4 Å². The number of fused-ring (bicyclic) bond motifs is 5. The van der Waals surface area contributed by atoms with Gasteiger partial charge in [0.15, 0.2) is 5.78 Å². The summed E-state index contributed by atoms with van der Waals surface area (Å²) in [7, 11) is -2.27. The van der Waals surface area contributed by atoms with Crippen LogP contribution in [0.3, 0.4) is 0 Å².